The zero-order chi connectivity index (χ0) is 13.4. The summed E-state index contributed by atoms with van der Waals surface area (Å²) in [4.78, 5) is 22.4. The molecule has 0 saturated heterocycles. The van der Waals surface area contributed by atoms with Gasteiger partial charge in [0, 0.05) is 0 Å². The van der Waals surface area contributed by atoms with E-state index in [-0.39, 0.29) is 32.9 Å². The second kappa shape index (κ2) is 4.76. The van der Waals surface area contributed by atoms with E-state index in [2.05, 4.69) is 5.10 Å². The Hall–Kier alpha value is -1.30. The van der Waals surface area contributed by atoms with Crippen molar-refractivity contribution in [2.24, 2.45) is 5.10 Å². The highest BCUT2D eigenvalue weighted by Gasteiger charge is 2.30. The van der Waals surface area contributed by atoms with Crippen molar-refractivity contribution >= 4 is 58.1 Å². The summed E-state index contributed by atoms with van der Waals surface area (Å²) in [6, 6.07) is 2.72. The Morgan fingerprint density at radius 2 is 1.83 bits per heavy atom. The second-order valence-corrected chi connectivity index (χ2v) is 4.67. The number of hydrogen-bond donors (Lipinski definition) is 1. The van der Waals surface area contributed by atoms with Gasteiger partial charge in [-0.05, 0) is 12.1 Å². The minimum absolute atomic E-state index is 0.160. The molecule has 1 heterocycles. The van der Waals surface area contributed by atoms with Gasteiger partial charge in [-0.15, -0.1) is 0 Å². The quantitative estimate of drug-likeness (QED) is 0.854. The predicted molar refractivity (Wildman–Crippen MR) is 68.6 cm³/mol. The first-order valence-corrected chi connectivity index (χ1v) is 5.82. The van der Waals surface area contributed by atoms with Crippen molar-refractivity contribution in [2.45, 2.75) is 6.42 Å². The molecule has 0 spiro atoms. The molecule has 1 aliphatic heterocycles. The van der Waals surface area contributed by atoms with Gasteiger partial charge in [0.1, 0.15) is 0 Å². The Labute approximate surface area is 117 Å². The lowest BCUT2D eigenvalue weighted by Crippen LogP contribution is -2.20. The minimum atomic E-state index is -1.25. The van der Waals surface area contributed by atoms with Crippen LogP contribution in [0.1, 0.15) is 6.42 Å². The van der Waals surface area contributed by atoms with Crippen molar-refractivity contribution in [2.75, 3.05) is 5.01 Å². The van der Waals surface area contributed by atoms with Crippen LogP contribution in [0.2, 0.25) is 15.1 Å². The summed E-state index contributed by atoms with van der Waals surface area (Å²) in [6.45, 7) is 0. The van der Waals surface area contributed by atoms with Gasteiger partial charge in [-0.25, -0.2) is 4.79 Å². The maximum atomic E-state index is 11.7. The Bertz CT molecular complexity index is 586. The van der Waals surface area contributed by atoms with Gasteiger partial charge in [0.15, 0.2) is 5.71 Å². The van der Waals surface area contributed by atoms with Crippen LogP contribution in [0.15, 0.2) is 17.2 Å². The van der Waals surface area contributed by atoms with E-state index in [0.29, 0.717) is 0 Å². The summed E-state index contributed by atoms with van der Waals surface area (Å²) < 4.78 is 0. The lowest BCUT2D eigenvalue weighted by Gasteiger charge is -2.14. The Kier molecular flexibility index (Phi) is 3.47. The third kappa shape index (κ3) is 2.29. The number of aliphatic carboxylic acids is 1. The standard InChI is InChI=1S/C10H5Cl3N2O3/c11-4-1-6(13)8(2-5(4)12)15-9(16)3-7(14-15)10(17)18/h1-2H,3H2,(H,17,18). The zero-order valence-corrected chi connectivity index (χ0v) is 10.9. The lowest BCUT2D eigenvalue weighted by molar-refractivity contribution is -0.129. The van der Waals surface area contributed by atoms with Crippen LogP contribution < -0.4 is 5.01 Å². The summed E-state index contributed by atoms with van der Waals surface area (Å²) in [6.07, 6.45) is -0.286. The summed E-state index contributed by atoms with van der Waals surface area (Å²) in [5.41, 5.74) is -0.0468. The number of anilines is 1. The van der Waals surface area contributed by atoms with Crippen molar-refractivity contribution < 1.29 is 14.7 Å². The van der Waals surface area contributed by atoms with Crippen molar-refractivity contribution in [3.05, 3.63) is 27.2 Å². The van der Waals surface area contributed by atoms with Gasteiger partial charge in [-0.2, -0.15) is 10.1 Å². The average Bonchev–Trinajstić information content (AvgIpc) is 2.66. The highest BCUT2D eigenvalue weighted by atomic mass is 35.5. The van der Waals surface area contributed by atoms with E-state index in [4.69, 9.17) is 39.9 Å². The van der Waals surface area contributed by atoms with Crippen LogP contribution >= 0.6 is 34.8 Å². The Morgan fingerprint density at radius 1 is 1.22 bits per heavy atom. The first-order chi connectivity index (χ1) is 8.40. The number of halogens is 3. The highest BCUT2D eigenvalue weighted by molar-refractivity contribution is 6.45. The van der Waals surface area contributed by atoms with E-state index < -0.39 is 11.9 Å². The molecule has 18 heavy (non-hydrogen) atoms. The first kappa shape index (κ1) is 13.1. The van der Waals surface area contributed by atoms with Crippen LogP contribution in [0.5, 0.6) is 0 Å². The highest BCUT2D eigenvalue weighted by Crippen LogP contribution is 2.36. The van der Waals surface area contributed by atoms with Crippen molar-refractivity contribution in [3.63, 3.8) is 0 Å². The molecule has 5 nitrogen and oxygen atoms in total. The number of carboxylic acids is 1. The number of rotatable bonds is 2. The average molecular weight is 308 g/mol. The molecule has 1 aliphatic rings. The Morgan fingerprint density at radius 3 is 2.39 bits per heavy atom. The third-order valence-electron chi connectivity index (χ3n) is 2.24. The monoisotopic (exact) mass is 306 g/mol. The predicted octanol–water partition coefficient (Wildman–Crippen LogP) is 2.82. The van der Waals surface area contributed by atoms with Gasteiger partial charge in [0.05, 0.1) is 27.2 Å². The number of carbonyl (C=O) groups excluding carboxylic acids is 1. The maximum Gasteiger partial charge on any atom is 0.352 e. The van der Waals surface area contributed by atoms with Crippen LogP contribution in [0.3, 0.4) is 0 Å². The summed E-state index contributed by atoms with van der Waals surface area (Å²) in [7, 11) is 0. The molecule has 0 aliphatic carbocycles. The normalized spacial score (nSPS) is 14.9. The lowest BCUT2D eigenvalue weighted by atomic mass is 10.2. The van der Waals surface area contributed by atoms with E-state index >= 15 is 0 Å². The number of hydrogen-bond acceptors (Lipinski definition) is 3. The number of benzene rings is 1. The van der Waals surface area contributed by atoms with Crippen LogP contribution in [0.4, 0.5) is 5.69 Å². The largest absolute Gasteiger partial charge is 0.477 e. The fraction of sp³-hybridized carbons (Fsp3) is 0.100. The first-order valence-electron chi connectivity index (χ1n) is 4.68. The van der Waals surface area contributed by atoms with Gasteiger partial charge >= 0.3 is 5.97 Å². The van der Waals surface area contributed by atoms with Crippen LogP contribution in [0, 0.1) is 0 Å². The summed E-state index contributed by atoms with van der Waals surface area (Å²) >= 11 is 17.5. The van der Waals surface area contributed by atoms with Crippen LogP contribution in [0.25, 0.3) is 0 Å². The van der Waals surface area contributed by atoms with Gasteiger partial charge in [0.2, 0.25) is 0 Å². The number of hydrazone groups is 1. The van der Waals surface area contributed by atoms with Crippen LogP contribution in [-0.2, 0) is 9.59 Å². The molecular weight excluding hydrogens is 302 g/mol. The van der Waals surface area contributed by atoms with Gasteiger partial charge in [0.25, 0.3) is 5.91 Å². The number of carbonyl (C=O) groups is 2. The topological polar surface area (TPSA) is 70.0 Å². The molecule has 2 rings (SSSR count). The molecule has 0 aromatic heterocycles. The van der Waals surface area contributed by atoms with Gasteiger partial charge in [-0.3, -0.25) is 4.79 Å². The van der Waals surface area contributed by atoms with E-state index in [9.17, 15) is 9.59 Å². The minimum Gasteiger partial charge on any atom is -0.477 e. The van der Waals surface area contributed by atoms with E-state index in [0.717, 1.165) is 5.01 Å². The molecule has 0 atom stereocenters. The van der Waals surface area contributed by atoms with E-state index in [1.165, 1.54) is 12.1 Å². The van der Waals surface area contributed by atoms with Crippen LogP contribution in [-0.4, -0.2) is 22.7 Å². The van der Waals surface area contributed by atoms with Crippen molar-refractivity contribution in [1.29, 1.82) is 0 Å². The van der Waals surface area contributed by atoms with Crippen molar-refractivity contribution in [3.8, 4) is 0 Å². The number of amides is 1. The third-order valence-corrected chi connectivity index (χ3v) is 3.27. The summed E-state index contributed by atoms with van der Waals surface area (Å²) in [5.74, 6) is -1.74. The van der Waals surface area contributed by atoms with Crippen molar-refractivity contribution in [1.82, 2.24) is 0 Å². The summed E-state index contributed by atoms with van der Waals surface area (Å²) in [5, 5.41) is 14.0. The molecule has 0 bridgehead atoms. The van der Waals surface area contributed by atoms with Gasteiger partial charge in [-0.1, -0.05) is 34.8 Å². The van der Waals surface area contributed by atoms with E-state index in [1.807, 2.05) is 0 Å². The molecule has 8 heteroatoms. The molecule has 0 unspecified atom stereocenters. The molecule has 0 saturated carbocycles. The second-order valence-electron chi connectivity index (χ2n) is 3.45. The molecular formula is C10H5Cl3N2O3. The Balaban J connectivity index is 2.47. The molecule has 1 aromatic rings. The maximum absolute atomic E-state index is 11.7. The molecule has 94 valence electrons. The molecule has 1 aromatic carbocycles. The molecule has 0 radical (unpaired) electrons. The fourth-order valence-electron chi connectivity index (χ4n) is 1.41. The van der Waals surface area contributed by atoms with Gasteiger partial charge < -0.3 is 5.11 Å². The molecule has 1 N–H and O–H groups in total. The van der Waals surface area contributed by atoms with E-state index in [1.54, 1.807) is 0 Å². The smallest absolute Gasteiger partial charge is 0.352 e. The SMILES string of the molecule is O=C(O)C1=NN(c2cc(Cl)c(Cl)cc2Cl)C(=O)C1. The molecule has 0 fully saturated rings. The number of nitrogens with zero attached hydrogens (tertiary/aromatic N) is 2. The molecule has 1 amide bonds. The number of carboxylic acid groups (broad SMARTS) is 1. The fourth-order valence-corrected chi connectivity index (χ4v) is 2.03. The zero-order valence-electron chi connectivity index (χ0n) is 8.65.